The van der Waals surface area contributed by atoms with Crippen molar-refractivity contribution in [2.24, 2.45) is 0 Å². The first-order valence-electron chi connectivity index (χ1n) is 7.75. The Morgan fingerprint density at radius 3 is 2.64 bits per heavy atom. The van der Waals surface area contributed by atoms with Gasteiger partial charge in [-0.2, -0.15) is 0 Å². The molecule has 1 fully saturated rings. The lowest BCUT2D eigenvalue weighted by Crippen LogP contribution is -2.30. The SMILES string of the molecule is Nc1cc(C2(SO)CC2)nc(-c2ccc(NC(=O)NCCF)cc2)n1. The van der Waals surface area contributed by atoms with E-state index in [1.807, 2.05) is 0 Å². The van der Waals surface area contributed by atoms with Gasteiger partial charge in [0, 0.05) is 35.9 Å². The third-order valence-electron chi connectivity index (χ3n) is 3.87. The van der Waals surface area contributed by atoms with Crippen molar-refractivity contribution >= 4 is 29.6 Å². The smallest absolute Gasteiger partial charge is 0.319 e. The number of rotatable bonds is 6. The molecule has 5 N–H and O–H groups in total. The van der Waals surface area contributed by atoms with Gasteiger partial charge in [0.1, 0.15) is 12.5 Å². The minimum Gasteiger partial charge on any atom is -0.384 e. The van der Waals surface area contributed by atoms with Gasteiger partial charge < -0.3 is 20.9 Å². The topological polar surface area (TPSA) is 113 Å². The summed E-state index contributed by atoms with van der Waals surface area (Å²) in [6, 6.07) is 8.13. The number of aromatic nitrogens is 2. The molecule has 1 aromatic carbocycles. The van der Waals surface area contributed by atoms with Crippen LogP contribution in [0.25, 0.3) is 11.4 Å². The number of halogens is 1. The van der Waals surface area contributed by atoms with Crippen LogP contribution in [-0.2, 0) is 4.75 Å². The maximum Gasteiger partial charge on any atom is 0.319 e. The van der Waals surface area contributed by atoms with Crippen molar-refractivity contribution < 1.29 is 13.7 Å². The number of urea groups is 1. The minimum atomic E-state index is -0.616. The summed E-state index contributed by atoms with van der Waals surface area (Å²) in [4.78, 5) is 20.3. The summed E-state index contributed by atoms with van der Waals surface area (Å²) in [7, 11) is 0. The molecule has 0 aliphatic heterocycles. The molecule has 0 bridgehead atoms. The lowest BCUT2D eigenvalue weighted by molar-refractivity contribution is 0.251. The Morgan fingerprint density at radius 2 is 2.04 bits per heavy atom. The largest absolute Gasteiger partial charge is 0.384 e. The molecule has 2 aromatic rings. The summed E-state index contributed by atoms with van der Waals surface area (Å²) in [6.45, 7) is -0.649. The standard InChI is InChI=1S/C16H18FN5O2S/c17-7-8-19-15(23)20-11-3-1-10(2-4-11)14-21-12(9-13(18)22-14)16(25-24)5-6-16/h1-4,9,24H,5-8H2,(H2,18,21,22)(H2,19,20,23). The van der Waals surface area contributed by atoms with Crippen molar-refractivity contribution in [1.82, 2.24) is 15.3 Å². The monoisotopic (exact) mass is 363 g/mol. The van der Waals surface area contributed by atoms with Crippen LogP contribution < -0.4 is 16.4 Å². The van der Waals surface area contributed by atoms with Crippen LogP contribution in [0.1, 0.15) is 18.5 Å². The Bertz CT molecular complexity index is 768. The predicted molar refractivity (Wildman–Crippen MR) is 96.0 cm³/mol. The van der Waals surface area contributed by atoms with Gasteiger partial charge in [-0.3, -0.25) is 0 Å². The normalized spacial score (nSPS) is 14.8. The fourth-order valence-electron chi connectivity index (χ4n) is 2.37. The Morgan fingerprint density at radius 1 is 1.32 bits per heavy atom. The molecule has 2 amide bonds. The lowest BCUT2D eigenvalue weighted by atomic mass is 10.1. The molecule has 0 atom stereocenters. The molecule has 1 aromatic heterocycles. The van der Waals surface area contributed by atoms with E-state index in [0.29, 0.717) is 17.3 Å². The summed E-state index contributed by atoms with van der Waals surface area (Å²) in [5.41, 5.74) is 7.90. The Kier molecular flexibility index (Phi) is 5.05. The number of nitrogen functional groups attached to an aromatic ring is 1. The van der Waals surface area contributed by atoms with Crippen LogP contribution in [-0.4, -0.2) is 33.8 Å². The number of nitrogens with one attached hydrogen (secondary N) is 2. The van der Waals surface area contributed by atoms with Gasteiger partial charge in [0.2, 0.25) is 0 Å². The maximum absolute atomic E-state index is 12.0. The van der Waals surface area contributed by atoms with Crippen molar-refractivity contribution in [1.29, 1.82) is 0 Å². The van der Waals surface area contributed by atoms with Crippen LogP contribution >= 0.6 is 12.0 Å². The maximum atomic E-state index is 12.0. The second-order valence-corrected chi connectivity index (χ2v) is 6.70. The van der Waals surface area contributed by atoms with E-state index in [4.69, 9.17) is 5.73 Å². The quantitative estimate of drug-likeness (QED) is 0.587. The zero-order chi connectivity index (χ0) is 17.9. The third-order valence-corrected chi connectivity index (χ3v) is 4.84. The highest BCUT2D eigenvalue weighted by molar-refractivity contribution is 7.95. The molecule has 1 saturated carbocycles. The number of carbonyl (C=O) groups excluding carboxylic acids is 1. The molecule has 0 radical (unpaired) electrons. The van der Waals surface area contributed by atoms with E-state index >= 15 is 0 Å². The molecular formula is C16H18FN5O2S. The van der Waals surface area contributed by atoms with E-state index in [2.05, 4.69) is 20.6 Å². The minimum absolute atomic E-state index is 0.0333. The van der Waals surface area contributed by atoms with E-state index in [0.717, 1.165) is 36.1 Å². The molecule has 1 heterocycles. The van der Waals surface area contributed by atoms with Gasteiger partial charge >= 0.3 is 6.03 Å². The zero-order valence-corrected chi connectivity index (χ0v) is 14.1. The van der Waals surface area contributed by atoms with Gasteiger partial charge in [0.15, 0.2) is 5.82 Å². The van der Waals surface area contributed by atoms with Gasteiger partial charge in [0.05, 0.1) is 10.4 Å². The number of amides is 2. The number of anilines is 2. The molecule has 132 valence electrons. The predicted octanol–water partition coefficient (Wildman–Crippen LogP) is 3.01. The molecular weight excluding hydrogens is 345 g/mol. The van der Waals surface area contributed by atoms with Crippen molar-refractivity contribution in [2.75, 3.05) is 24.3 Å². The van der Waals surface area contributed by atoms with Crippen molar-refractivity contribution in [2.45, 2.75) is 17.6 Å². The Labute approximate surface area is 148 Å². The molecule has 1 aliphatic carbocycles. The highest BCUT2D eigenvalue weighted by Crippen LogP contribution is 2.55. The molecule has 1 aliphatic rings. The zero-order valence-electron chi connectivity index (χ0n) is 13.3. The van der Waals surface area contributed by atoms with Crippen LogP contribution in [0.5, 0.6) is 0 Å². The Balaban J connectivity index is 1.77. The first kappa shape index (κ1) is 17.4. The Hall–Kier alpha value is -2.39. The van der Waals surface area contributed by atoms with Crippen LogP contribution in [0, 0.1) is 0 Å². The van der Waals surface area contributed by atoms with Crippen LogP contribution in [0.15, 0.2) is 30.3 Å². The summed E-state index contributed by atoms with van der Waals surface area (Å²) in [5, 5.41) is 4.98. The number of benzene rings is 1. The summed E-state index contributed by atoms with van der Waals surface area (Å²) in [5.74, 6) is 0.803. The highest BCUT2D eigenvalue weighted by atomic mass is 32.2. The summed E-state index contributed by atoms with van der Waals surface area (Å²) < 4.78 is 21.1. The van der Waals surface area contributed by atoms with Crippen LogP contribution in [0.4, 0.5) is 20.7 Å². The van der Waals surface area contributed by atoms with E-state index < -0.39 is 12.7 Å². The number of nitrogens with zero attached hydrogens (tertiary/aromatic N) is 2. The molecule has 0 spiro atoms. The lowest BCUT2D eigenvalue weighted by Gasteiger charge is -2.12. The van der Waals surface area contributed by atoms with Gasteiger partial charge in [0.25, 0.3) is 0 Å². The fourth-order valence-corrected chi connectivity index (χ4v) is 2.86. The first-order chi connectivity index (χ1) is 12.1. The molecule has 3 rings (SSSR count). The van der Waals surface area contributed by atoms with Gasteiger partial charge in [-0.1, -0.05) is 0 Å². The molecule has 7 nitrogen and oxygen atoms in total. The second-order valence-electron chi connectivity index (χ2n) is 5.73. The molecule has 0 saturated heterocycles. The average Bonchev–Trinajstić information content (AvgIpc) is 3.41. The van der Waals surface area contributed by atoms with Gasteiger partial charge in [-0.25, -0.2) is 19.2 Å². The van der Waals surface area contributed by atoms with E-state index in [1.165, 1.54) is 0 Å². The average molecular weight is 363 g/mol. The van der Waals surface area contributed by atoms with Crippen molar-refractivity contribution in [3.05, 3.63) is 36.0 Å². The first-order valence-corrected chi connectivity index (χ1v) is 8.52. The van der Waals surface area contributed by atoms with Crippen LogP contribution in [0.2, 0.25) is 0 Å². The number of hydrogen-bond donors (Lipinski definition) is 4. The van der Waals surface area contributed by atoms with E-state index in [9.17, 15) is 13.7 Å². The molecule has 0 unspecified atom stereocenters. The van der Waals surface area contributed by atoms with Gasteiger partial charge in [-0.05, 0) is 37.1 Å². The van der Waals surface area contributed by atoms with E-state index in [-0.39, 0.29) is 11.3 Å². The molecule has 25 heavy (non-hydrogen) atoms. The second kappa shape index (κ2) is 7.24. The third kappa shape index (κ3) is 3.99. The number of nitrogens with two attached hydrogens (primary N) is 1. The van der Waals surface area contributed by atoms with Crippen molar-refractivity contribution in [3.8, 4) is 11.4 Å². The number of carbonyl (C=O) groups is 1. The van der Waals surface area contributed by atoms with E-state index in [1.54, 1.807) is 30.3 Å². The summed E-state index contributed by atoms with van der Waals surface area (Å²) >= 11 is 0.793. The number of hydrogen-bond acceptors (Lipinski definition) is 6. The highest BCUT2D eigenvalue weighted by Gasteiger charge is 2.47. The fraction of sp³-hybridized carbons (Fsp3) is 0.312. The van der Waals surface area contributed by atoms with Gasteiger partial charge in [-0.15, -0.1) is 0 Å². The van der Waals surface area contributed by atoms with Crippen LogP contribution in [0.3, 0.4) is 0 Å². The molecule has 9 heteroatoms. The number of alkyl halides is 1. The van der Waals surface area contributed by atoms with Crippen molar-refractivity contribution in [3.63, 3.8) is 0 Å². The summed E-state index contributed by atoms with van der Waals surface area (Å²) in [6.07, 6.45) is 1.70.